The summed E-state index contributed by atoms with van der Waals surface area (Å²) in [7, 11) is 1.69. The van der Waals surface area contributed by atoms with Gasteiger partial charge in [0, 0.05) is 42.5 Å². The number of nitrogens with zero attached hydrogens (tertiary/aromatic N) is 1. The lowest BCUT2D eigenvalue weighted by Crippen LogP contribution is -2.31. The van der Waals surface area contributed by atoms with Gasteiger partial charge in [-0.25, -0.2) is 0 Å². The summed E-state index contributed by atoms with van der Waals surface area (Å²) in [5.74, 6) is 1.53. The number of carbonyl (C=O) groups excluding carboxylic acids is 1. The molecular weight excluding hydrogens is 494 g/mol. The van der Waals surface area contributed by atoms with Gasteiger partial charge in [-0.05, 0) is 73.2 Å². The average Bonchev–Trinajstić information content (AvgIpc) is 3.31. The number of nitrogens with one attached hydrogen (secondary N) is 2. The van der Waals surface area contributed by atoms with Crippen LogP contribution in [0.5, 0.6) is 5.75 Å². The van der Waals surface area contributed by atoms with Gasteiger partial charge in [0.05, 0.1) is 7.11 Å². The maximum Gasteiger partial charge on any atom is 0.220 e. The molecule has 1 aliphatic rings. The summed E-state index contributed by atoms with van der Waals surface area (Å²) >= 11 is 0. The Balaban J connectivity index is 0.00000336. The fourth-order valence-electron chi connectivity index (χ4n) is 5.57. The van der Waals surface area contributed by atoms with Gasteiger partial charge in [0.2, 0.25) is 5.91 Å². The number of carbonyl (C=O) groups is 1. The first-order valence-electron chi connectivity index (χ1n) is 13.4. The van der Waals surface area contributed by atoms with Crippen molar-refractivity contribution in [1.82, 2.24) is 15.2 Å². The van der Waals surface area contributed by atoms with Crippen LogP contribution in [0.3, 0.4) is 0 Å². The number of methoxy groups -OCH3 is 1. The molecule has 38 heavy (non-hydrogen) atoms. The summed E-state index contributed by atoms with van der Waals surface area (Å²) in [4.78, 5) is 13.3. The summed E-state index contributed by atoms with van der Waals surface area (Å²) < 4.78 is 7.85. The minimum absolute atomic E-state index is 0. The lowest BCUT2D eigenvalue weighted by atomic mass is 9.87. The van der Waals surface area contributed by atoms with Crippen LogP contribution in [0.1, 0.15) is 48.3 Å². The number of rotatable bonds is 10. The van der Waals surface area contributed by atoms with Crippen LogP contribution < -0.4 is 15.4 Å². The van der Waals surface area contributed by atoms with Crippen molar-refractivity contribution in [3.8, 4) is 5.75 Å². The second-order valence-electron chi connectivity index (χ2n) is 10.1. The summed E-state index contributed by atoms with van der Waals surface area (Å²) in [6.07, 6.45) is 6.09. The minimum Gasteiger partial charge on any atom is -0.497 e. The molecule has 0 saturated carbocycles. The highest BCUT2D eigenvalue weighted by Gasteiger charge is 2.23. The monoisotopic (exact) mass is 531 g/mol. The second kappa shape index (κ2) is 13.5. The van der Waals surface area contributed by atoms with E-state index in [4.69, 9.17) is 4.74 Å². The molecule has 6 heteroatoms. The van der Waals surface area contributed by atoms with Gasteiger partial charge in [-0.3, -0.25) is 4.79 Å². The van der Waals surface area contributed by atoms with Gasteiger partial charge in [-0.2, -0.15) is 0 Å². The van der Waals surface area contributed by atoms with Gasteiger partial charge in [0.25, 0.3) is 0 Å². The number of hydrogen-bond donors (Lipinski definition) is 2. The fraction of sp³-hybridized carbons (Fsp3) is 0.344. The highest BCUT2D eigenvalue weighted by Crippen LogP contribution is 2.36. The average molecular weight is 532 g/mol. The van der Waals surface area contributed by atoms with E-state index in [-0.39, 0.29) is 24.2 Å². The smallest absolute Gasteiger partial charge is 0.220 e. The fourth-order valence-corrected chi connectivity index (χ4v) is 5.57. The Morgan fingerprint density at radius 3 is 2.58 bits per heavy atom. The molecule has 0 radical (unpaired) electrons. The molecule has 5 nitrogen and oxygen atoms in total. The molecule has 200 valence electrons. The van der Waals surface area contributed by atoms with Crippen LogP contribution in [0.4, 0.5) is 0 Å². The Bertz CT molecular complexity index is 1310. The van der Waals surface area contributed by atoms with E-state index in [2.05, 4.69) is 82.1 Å². The number of ether oxygens (including phenoxy) is 1. The summed E-state index contributed by atoms with van der Waals surface area (Å²) in [6.45, 7) is 3.70. The maximum atomic E-state index is 13.3. The van der Waals surface area contributed by atoms with Crippen LogP contribution in [0.25, 0.3) is 10.9 Å². The number of benzene rings is 3. The van der Waals surface area contributed by atoms with Crippen LogP contribution in [0.2, 0.25) is 0 Å². The molecule has 1 atom stereocenters. The lowest BCUT2D eigenvalue weighted by Gasteiger charge is -2.23. The number of piperidine rings is 1. The lowest BCUT2D eigenvalue weighted by molar-refractivity contribution is -0.121. The molecule has 3 aromatic carbocycles. The van der Waals surface area contributed by atoms with Gasteiger partial charge in [-0.1, -0.05) is 60.7 Å². The topological polar surface area (TPSA) is 55.3 Å². The third-order valence-corrected chi connectivity index (χ3v) is 7.61. The first-order chi connectivity index (χ1) is 18.2. The Morgan fingerprint density at radius 1 is 1.03 bits per heavy atom. The van der Waals surface area contributed by atoms with Crippen molar-refractivity contribution in [2.75, 3.05) is 26.7 Å². The van der Waals surface area contributed by atoms with Crippen molar-refractivity contribution in [3.63, 3.8) is 0 Å². The number of halogens is 1. The zero-order valence-electron chi connectivity index (χ0n) is 22.1. The Morgan fingerprint density at radius 2 is 1.79 bits per heavy atom. The zero-order chi connectivity index (χ0) is 25.5. The van der Waals surface area contributed by atoms with Gasteiger partial charge >= 0.3 is 0 Å². The molecule has 0 bridgehead atoms. The molecule has 4 aromatic rings. The van der Waals surface area contributed by atoms with Crippen molar-refractivity contribution >= 4 is 29.2 Å². The number of aromatic nitrogens is 1. The molecule has 1 amide bonds. The Labute approximate surface area is 232 Å². The standard InChI is InChI=1S/C32H37N3O2.ClH/c1-37-27-11-7-10-26(20-27)29(21-32(36)34-19-16-24-14-17-33-18-15-24)30-23-35(22-25-8-3-2-4-9-25)31-13-6-5-12-28(30)31;/h2-13,20,23-24,29,33H,14-19,21-22H2,1H3,(H,34,36);1H. The summed E-state index contributed by atoms with van der Waals surface area (Å²) in [6, 6.07) is 27.2. The molecule has 1 fully saturated rings. The van der Waals surface area contributed by atoms with E-state index < -0.39 is 0 Å². The van der Waals surface area contributed by atoms with E-state index in [0.29, 0.717) is 12.3 Å². The van der Waals surface area contributed by atoms with E-state index in [9.17, 15) is 4.79 Å². The van der Waals surface area contributed by atoms with Gasteiger partial charge in [0.15, 0.2) is 0 Å². The molecule has 1 saturated heterocycles. The largest absolute Gasteiger partial charge is 0.497 e. The van der Waals surface area contributed by atoms with Crippen molar-refractivity contribution in [3.05, 3.63) is 102 Å². The molecule has 5 rings (SSSR count). The molecule has 2 heterocycles. The third kappa shape index (κ3) is 6.77. The van der Waals surface area contributed by atoms with Crippen molar-refractivity contribution in [2.45, 2.75) is 38.1 Å². The third-order valence-electron chi connectivity index (χ3n) is 7.61. The van der Waals surface area contributed by atoms with Gasteiger partial charge in [0.1, 0.15) is 5.75 Å². The van der Waals surface area contributed by atoms with E-state index >= 15 is 0 Å². The number of hydrogen-bond acceptors (Lipinski definition) is 3. The van der Waals surface area contributed by atoms with E-state index in [0.717, 1.165) is 43.9 Å². The molecular formula is C32H38ClN3O2. The predicted molar refractivity (Wildman–Crippen MR) is 157 cm³/mol. The summed E-state index contributed by atoms with van der Waals surface area (Å²) in [5.41, 5.74) is 4.70. The summed E-state index contributed by atoms with van der Waals surface area (Å²) in [5, 5.41) is 7.83. The van der Waals surface area contributed by atoms with Crippen molar-refractivity contribution in [2.24, 2.45) is 5.92 Å². The van der Waals surface area contributed by atoms with Crippen LogP contribution >= 0.6 is 12.4 Å². The highest BCUT2D eigenvalue weighted by molar-refractivity contribution is 5.87. The van der Waals surface area contributed by atoms with Crippen LogP contribution in [-0.4, -0.2) is 37.2 Å². The zero-order valence-corrected chi connectivity index (χ0v) is 22.9. The van der Waals surface area contributed by atoms with Crippen molar-refractivity contribution < 1.29 is 9.53 Å². The number of fused-ring (bicyclic) bond motifs is 1. The minimum atomic E-state index is -0.0732. The maximum absolute atomic E-state index is 13.3. The quantitative estimate of drug-likeness (QED) is 0.258. The van der Waals surface area contributed by atoms with E-state index in [1.807, 2.05) is 18.2 Å². The van der Waals surface area contributed by atoms with Crippen molar-refractivity contribution in [1.29, 1.82) is 0 Å². The molecule has 1 aliphatic heterocycles. The SMILES string of the molecule is COc1cccc(C(CC(=O)NCCC2CCNCC2)c2cn(Cc3ccccc3)c3ccccc23)c1.Cl. The number of para-hydroxylation sites is 1. The first-order valence-corrected chi connectivity index (χ1v) is 13.4. The van der Waals surface area contributed by atoms with Gasteiger partial charge in [-0.15, -0.1) is 12.4 Å². The van der Waals surface area contributed by atoms with Crippen LogP contribution in [-0.2, 0) is 11.3 Å². The highest BCUT2D eigenvalue weighted by atomic mass is 35.5. The molecule has 2 N–H and O–H groups in total. The van der Waals surface area contributed by atoms with E-state index in [1.54, 1.807) is 7.11 Å². The molecule has 0 spiro atoms. The number of amides is 1. The second-order valence-corrected chi connectivity index (χ2v) is 10.1. The van der Waals surface area contributed by atoms with Crippen LogP contribution in [0.15, 0.2) is 85.1 Å². The Kier molecular flexibility index (Phi) is 9.85. The predicted octanol–water partition coefficient (Wildman–Crippen LogP) is 6.15. The first kappa shape index (κ1) is 27.7. The normalized spacial score (nSPS) is 14.6. The van der Waals surface area contributed by atoms with Crippen LogP contribution in [0, 0.1) is 5.92 Å². The van der Waals surface area contributed by atoms with Gasteiger partial charge < -0.3 is 19.9 Å². The van der Waals surface area contributed by atoms with E-state index in [1.165, 1.54) is 34.9 Å². The molecule has 1 unspecified atom stereocenters. The molecule has 1 aromatic heterocycles. The Hall–Kier alpha value is -3.28. The molecule has 0 aliphatic carbocycles.